The van der Waals surface area contributed by atoms with Gasteiger partial charge in [0, 0.05) is 24.4 Å². The Morgan fingerprint density at radius 3 is 3.14 bits per heavy atom. The smallest absolute Gasteiger partial charge is 0.0848 e. The van der Waals surface area contributed by atoms with Crippen molar-refractivity contribution in [2.75, 3.05) is 13.1 Å². The lowest BCUT2D eigenvalue weighted by atomic mass is 10.1. The van der Waals surface area contributed by atoms with Gasteiger partial charge in [0.15, 0.2) is 0 Å². The second-order valence-electron chi connectivity index (χ2n) is 3.39. The molecule has 0 aliphatic carbocycles. The molecule has 1 atom stereocenters. The zero-order valence-electron chi connectivity index (χ0n) is 7.66. The molecule has 0 bridgehead atoms. The van der Waals surface area contributed by atoms with Crippen LogP contribution in [0.25, 0.3) is 0 Å². The van der Waals surface area contributed by atoms with Gasteiger partial charge in [0.05, 0.1) is 11.1 Å². The third kappa shape index (κ3) is 2.36. The van der Waals surface area contributed by atoms with E-state index in [4.69, 9.17) is 11.6 Å². The van der Waals surface area contributed by atoms with Crippen molar-refractivity contribution in [2.24, 2.45) is 0 Å². The number of nitrogens with one attached hydrogen (secondary N) is 1. The molecule has 0 saturated heterocycles. The van der Waals surface area contributed by atoms with Crippen LogP contribution < -0.4 is 5.32 Å². The molecule has 0 amide bonds. The van der Waals surface area contributed by atoms with Gasteiger partial charge in [-0.05, 0) is 11.4 Å². The largest absolute Gasteiger partial charge is 0.388 e. The lowest BCUT2D eigenvalue weighted by molar-refractivity contribution is 0.213. The predicted octanol–water partition coefficient (Wildman–Crippen LogP) is 1.83. The zero-order chi connectivity index (χ0) is 9.97. The van der Waals surface area contributed by atoms with E-state index in [0.29, 0.717) is 6.54 Å². The van der Waals surface area contributed by atoms with E-state index in [1.54, 1.807) is 11.3 Å². The second kappa shape index (κ2) is 4.45. The Morgan fingerprint density at radius 2 is 2.50 bits per heavy atom. The van der Waals surface area contributed by atoms with Crippen LogP contribution in [0.15, 0.2) is 23.1 Å². The van der Waals surface area contributed by atoms with Crippen molar-refractivity contribution in [3.05, 3.63) is 33.0 Å². The molecule has 0 aromatic carbocycles. The molecule has 0 radical (unpaired) electrons. The Bertz CT molecular complexity index is 348. The Morgan fingerprint density at radius 1 is 1.64 bits per heavy atom. The quantitative estimate of drug-likeness (QED) is 0.759. The van der Waals surface area contributed by atoms with E-state index in [-0.39, 0.29) is 6.10 Å². The molecule has 14 heavy (non-hydrogen) atoms. The number of aliphatic hydroxyl groups excluding tert-OH is 1. The number of aliphatic hydroxyl groups is 1. The number of β-amino-alcohol motifs (C(OH)–C–C–N with tert-alkyl or cyclic N) is 1. The van der Waals surface area contributed by atoms with E-state index >= 15 is 0 Å². The molecule has 1 unspecified atom stereocenters. The molecule has 0 spiro atoms. The van der Waals surface area contributed by atoms with Crippen LogP contribution >= 0.6 is 22.9 Å². The third-order valence-electron chi connectivity index (χ3n) is 2.21. The molecule has 1 aliphatic rings. The molecular formula is C10H12ClNOS. The second-order valence-corrected chi connectivity index (χ2v) is 4.80. The first-order valence-electron chi connectivity index (χ1n) is 4.56. The Balaban J connectivity index is 2.07. The molecular weight excluding hydrogens is 218 g/mol. The molecule has 2 rings (SSSR count). The minimum absolute atomic E-state index is 0.350. The average molecular weight is 230 g/mol. The summed E-state index contributed by atoms with van der Waals surface area (Å²) >= 11 is 7.66. The fraction of sp³-hybridized carbons (Fsp3) is 0.400. The first-order valence-corrected chi connectivity index (χ1v) is 5.81. The van der Waals surface area contributed by atoms with Gasteiger partial charge in [-0.15, -0.1) is 11.3 Å². The SMILES string of the molecule is OC1C=C(Cc2sccc2Cl)CNC1. The standard InChI is InChI=1S/C10H12ClNOS/c11-9-1-2-14-10(9)4-7-3-8(13)6-12-5-7/h1-3,8,12-13H,4-6H2. The van der Waals surface area contributed by atoms with E-state index < -0.39 is 0 Å². The molecule has 0 fully saturated rings. The summed E-state index contributed by atoms with van der Waals surface area (Å²) in [7, 11) is 0. The Labute approximate surface area is 92.2 Å². The van der Waals surface area contributed by atoms with Crippen molar-refractivity contribution < 1.29 is 5.11 Å². The molecule has 2 nitrogen and oxygen atoms in total. The molecule has 1 aromatic rings. The molecule has 2 N–H and O–H groups in total. The molecule has 76 valence electrons. The van der Waals surface area contributed by atoms with Crippen LogP contribution in [0.1, 0.15) is 4.88 Å². The van der Waals surface area contributed by atoms with Gasteiger partial charge in [-0.25, -0.2) is 0 Å². The maximum absolute atomic E-state index is 9.41. The van der Waals surface area contributed by atoms with Crippen molar-refractivity contribution >= 4 is 22.9 Å². The minimum Gasteiger partial charge on any atom is -0.388 e. The maximum atomic E-state index is 9.41. The van der Waals surface area contributed by atoms with E-state index in [1.165, 1.54) is 10.5 Å². The lowest BCUT2D eigenvalue weighted by Gasteiger charge is -2.18. The molecule has 4 heteroatoms. The number of rotatable bonds is 2. The number of hydrogen-bond acceptors (Lipinski definition) is 3. The van der Waals surface area contributed by atoms with E-state index in [9.17, 15) is 5.11 Å². The summed E-state index contributed by atoms with van der Waals surface area (Å²) in [5.41, 5.74) is 1.22. The van der Waals surface area contributed by atoms with Gasteiger partial charge in [0.2, 0.25) is 0 Å². The lowest BCUT2D eigenvalue weighted by Crippen LogP contribution is -2.32. The predicted molar refractivity (Wildman–Crippen MR) is 60.0 cm³/mol. The highest BCUT2D eigenvalue weighted by Crippen LogP contribution is 2.25. The molecule has 1 aliphatic heterocycles. The topological polar surface area (TPSA) is 32.3 Å². The summed E-state index contributed by atoms with van der Waals surface area (Å²) in [6.07, 6.45) is 2.42. The third-order valence-corrected chi connectivity index (χ3v) is 3.60. The zero-order valence-corrected chi connectivity index (χ0v) is 9.24. The van der Waals surface area contributed by atoms with Crippen LogP contribution in [0.2, 0.25) is 5.02 Å². The Hall–Kier alpha value is -0.350. The minimum atomic E-state index is -0.350. The van der Waals surface area contributed by atoms with E-state index in [0.717, 1.165) is 18.0 Å². The summed E-state index contributed by atoms with van der Waals surface area (Å²) in [6, 6.07) is 1.91. The van der Waals surface area contributed by atoms with Gasteiger partial charge in [0.25, 0.3) is 0 Å². The average Bonchev–Trinajstić information content (AvgIpc) is 2.52. The van der Waals surface area contributed by atoms with Crippen LogP contribution in [0.3, 0.4) is 0 Å². The van der Waals surface area contributed by atoms with Crippen molar-refractivity contribution in [2.45, 2.75) is 12.5 Å². The van der Waals surface area contributed by atoms with Gasteiger partial charge in [-0.3, -0.25) is 0 Å². The first-order chi connectivity index (χ1) is 6.75. The van der Waals surface area contributed by atoms with Crippen molar-refractivity contribution in [1.29, 1.82) is 0 Å². The van der Waals surface area contributed by atoms with E-state index in [2.05, 4.69) is 5.32 Å². The highest BCUT2D eigenvalue weighted by Gasteiger charge is 2.12. The van der Waals surface area contributed by atoms with Crippen LogP contribution in [0.5, 0.6) is 0 Å². The summed E-state index contributed by atoms with van der Waals surface area (Å²) in [4.78, 5) is 1.17. The van der Waals surface area contributed by atoms with Crippen LogP contribution in [-0.4, -0.2) is 24.3 Å². The number of halogens is 1. The fourth-order valence-corrected chi connectivity index (χ4v) is 2.71. The Kier molecular flexibility index (Phi) is 3.23. The summed E-state index contributed by atoms with van der Waals surface area (Å²) in [6.45, 7) is 1.51. The molecule has 2 heterocycles. The van der Waals surface area contributed by atoms with Gasteiger partial charge in [-0.1, -0.05) is 23.3 Å². The monoisotopic (exact) mass is 229 g/mol. The van der Waals surface area contributed by atoms with Gasteiger partial charge in [-0.2, -0.15) is 0 Å². The normalized spacial score (nSPS) is 22.1. The molecule has 1 aromatic heterocycles. The van der Waals surface area contributed by atoms with Crippen LogP contribution in [-0.2, 0) is 6.42 Å². The summed E-state index contributed by atoms with van der Waals surface area (Å²) in [5.74, 6) is 0. The maximum Gasteiger partial charge on any atom is 0.0848 e. The van der Waals surface area contributed by atoms with E-state index in [1.807, 2.05) is 17.5 Å². The van der Waals surface area contributed by atoms with Crippen LogP contribution in [0.4, 0.5) is 0 Å². The fourth-order valence-electron chi connectivity index (χ4n) is 1.55. The highest BCUT2D eigenvalue weighted by molar-refractivity contribution is 7.10. The van der Waals surface area contributed by atoms with Crippen LogP contribution in [0, 0.1) is 0 Å². The number of thiophene rings is 1. The van der Waals surface area contributed by atoms with Crippen molar-refractivity contribution in [1.82, 2.24) is 5.32 Å². The highest BCUT2D eigenvalue weighted by atomic mass is 35.5. The van der Waals surface area contributed by atoms with Gasteiger partial charge < -0.3 is 10.4 Å². The number of hydrogen-bond donors (Lipinski definition) is 2. The summed E-state index contributed by atoms with van der Waals surface area (Å²) in [5, 5.41) is 15.4. The van der Waals surface area contributed by atoms with Gasteiger partial charge >= 0.3 is 0 Å². The molecule has 0 saturated carbocycles. The summed E-state index contributed by atoms with van der Waals surface area (Å²) < 4.78 is 0. The first kappa shape index (κ1) is 10.2. The van der Waals surface area contributed by atoms with Gasteiger partial charge in [0.1, 0.15) is 0 Å². The van der Waals surface area contributed by atoms with Crippen molar-refractivity contribution in [3.8, 4) is 0 Å². The van der Waals surface area contributed by atoms with Crippen molar-refractivity contribution in [3.63, 3.8) is 0 Å².